The first-order valence-corrected chi connectivity index (χ1v) is 22.1. The molecule has 0 rings (SSSR count). The topological polar surface area (TPSA) is 89.8 Å². The van der Waals surface area contributed by atoms with Gasteiger partial charge in [-0.2, -0.15) is 0 Å². The smallest absolute Gasteiger partial charge is 0.220 e. The van der Waals surface area contributed by atoms with Gasteiger partial charge in [-0.3, -0.25) is 4.79 Å². The highest BCUT2D eigenvalue weighted by molar-refractivity contribution is 5.76. The second-order valence-electron chi connectivity index (χ2n) is 15.2. The van der Waals surface area contributed by atoms with Gasteiger partial charge < -0.3 is 20.6 Å². The van der Waals surface area contributed by atoms with Crippen molar-refractivity contribution in [2.75, 3.05) is 6.61 Å². The zero-order chi connectivity index (χ0) is 36.6. The number of carbonyl (C=O) groups is 1. The summed E-state index contributed by atoms with van der Waals surface area (Å²) in [5, 5.41) is 33.5. The Balaban J connectivity index is 3.68. The third kappa shape index (κ3) is 35.2. The Kier molecular flexibility index (Phi) is 39.6. The fourth-order valence-electron chi connectivity index (χ4n) is 6.83. The first kappa shape index (κ1) is 48.8. The number of allylic oxidation sites excluding steroid dienone is 4. The van der Waals surface area contributed by atoms with Crippen LogP contribution in [-0.4, -0.2) is 46.1 Å². The lowest BCUT2D eigenvalue weighted by molar-refractivity contribution is -0.124. The van der Waals surface area contributed by atoms with E-state index in [-0.39, 0.29) is 12.5 Å². The average molecular weight is 706 g/mol. The van der Waals surface area contributed by atoms with Crippen LogP contribution in [0, 0.1) is 0 Å². The third-order valence-electron chi connectivity index (χ3n) is 10.3. The van der Waals surface area contributed by atoms with E-state index >= 15 is 0 Å². The fraction of sp³-hybridized carbons (Fsp3) is 0.889. The molecule has 0 heterocycles. The van der Waals surface area contributed by atoms with Crippen molar-refractivity contribution < 1.29 is 20.1 Å². The highest BCUT2D eigenvalue weighted by Crippen LogP contribution is 2.15. The molecule has 296 valence electrons. The van der Waals surface area contributed by atoms with Crippen LogP contribution in [0.5, 0.6) is 0 Å². The highest BCUT2D eigenvalue weighted by atomic mass is 16.3. The first-order valence-electron chi connectivity index (χ1n) is 22.1. The molecule has 0 aliphatic rings. The molecule has 0 aromatic heterocycles. The van der Waals surface area contributed by atoms with Crippen molar-refractivity contribution in [1.29, 1.82) is 0 Å². The van der Waals surface area contributed by atoms with Gasteiger partial charge in [-0.25, -0.2) is 0 Å². The molecule has 0 aliphatic heterocycles. The number of rotatable bonds is 40. The van der Waals surface area contributed by atoms with Crippen molar-refractivity contribution in [2.45, 2.75) is 250 Å². The molecule has 4 N–H and O–H groups in total. The molecule has 0 aromatic rings. The Bertz CT molecular complexity index is 739. The minimum atomic E-state index is -1.16. The molecule has 0 radical (unpaired) electrons. The number of carbonyl (C=O) groups excluding carboxylic acids is 1. The maximum absolute atomic E-state index is 12.4. The molecule has 3 atom stereocenters. The molecule has 0 aromatic carbocycles. The molecule has 5 nitrogen and oxygen atoms in total. The summed E-state index contributed by atoms with van der Waals surface area (Å²) in [6.07, 6.45) is 48.6. The van der Waals surface area contributed by atoms with Crippen LogP contribution in [0.1, 0.15) is 232 Å². The maximum Gasteiger partial charge on any atom is 0.220 e. The summed E-state index contributed by atoms with van der Waals surface area (Å²) in [7, 11) is 0. The molecule has 0 aliphatic carbocycles. The first-order chi connectivity index (χ1) is 24.6. The van der Waals surface area contributed by atoms with Gasteiger partial charge in [0.25, 0.3) is 0 Å². The van der Waals surface area contributed by atoms with Gasteiger partial charge in [0.05, 0.1) is 18.8 Å². The lowest BCUT2D eigenvalue weighted by Crippen LogP contribution is -2.50. The van der Waals surface area contributed by atoms with Crippen molar-refractivity contribution in [1.82, 2.24) is 5.32 Å². The van der Waals surface area contributed by atoms with E-state index in [0.717, 1.165) is 44.9 Å². The number of nitrogens with one attached hydrogen (secondary N) is 1. The summed E-state index contributed by atoms with van der Waals surface area (Å²) in [5.74, 6) is -0.156. The largest absolute Gasteiger partial charge is 0.394 e. The van der Waals surface area contributed by atoms with Gasteiger partial charge in [-0.1, -0.05) is 199 Å². The fourth-order valence-corrected chi connectivity index (χ4v) is 6.83. The van der Waals surface area contributed by atoms with Crippen molar-refractivity contribution in [2.24, 2.45) is 0 Å². The molecule has 5 heteroatoms. The summed E-state index contributed by atoms with van der Waals surface area (Å²) in [6.45, 7) is 4.17. The normalized spacial score (nSPS) is 13.8. The summed E-state index contributed by atoms with van der Waals surface area (Å²) >= 11 is 0. The van der Waals surface area contributed by atoms with E-state index in [4.69, 9.17) is 0 Å². The number of aliphatic hydroxyl groups is 3. The van der Waals surface area contributed by atoms with Crippen molar-refractivity contribution in [3.63, 3.8) is 0 Å². The zero-order valence-corrected chi connectivity index (χ0v) is 33.5. The lowest BCUT2D eigenvalue weighted by atomic mass is 10.0. The van der Waals surface area contributed by atoms with E-state index in [9.17, 15) is 20.1 Å². The summed E-state index contributed by atoms with van der Waals surface area (Å²) in [5.41, 5.74) is 0. The van der Waals surface area contributed by atoms with Crippen LogP contribution in [0.4, 0.5) is 0 Å². The van der Waals surface area contributed by atoms with Gasteiger partial charge in [0.1, 0.15) is 6.10 Å². The van der Waals surface area contributed by atoms with Gasteiger partial charge in [0.2, 0.25) is 5.91 Å². The third-order valence-corrected chi connectivity index (χ3v) is 10.3. The van der Waals surface area contributed by atoms with Crippen LogP contribution in [0.25, 0.3) is 0 Å². The molecule has 3 unspecified atom stereocenters. The molecular weight excluding hydrogens is 618 g/mol. The van der Waals surface area contributed by atoms with Crippen LogP contribution < -0.4 is 5.32 Å². The van der Waals surface area contributed by atoms with Crippen LogP contribution in [-0.2, 0) is 4.79 Å². The van der Waals surface area contributed by atoms with Crippen molar-refractivity contribution in [3.8, 4) is 0 Å². The quantitative estimate of drug-likeness (QED) is 0.0377. The highest BCUT2D eigenvalue weighted by Gasteiger charge is 2.26. The molecule has 0 spiro atoms. The Hall–Kier alpha value is -1.17. The lowest BCUT2D eigenvalue weighted by Gasteiger charge is -2.26. The van der Waals surface area contributed by atoms with E-state index in [0.29, 0.717) is 12.8 Å². The minimum absolute atomic E-state index is 0.156. The molecule has 0 fully saturated rings. The number of hydrogen-bond donors (Lipinski definition) is 4. The number of unbranched alkanes of at least 4 members (excludes halogenated alkanes) is 28. The van der Waals surface area contributed by atoms with Gasteiger partial charge in [0, 0.05) is 6.42 Å². The van der Waals surface area contributed by atoms with Gasteiger partial charge in [-0.05, 0) is 51.4 Å². The Morgan fingerprint density at radius 3 is 1.22 bits per heavy atom. The van der Waals surface area contributed by atoms with E-state index in [1.54, 1.807) is 0 Å². The zero-order valence-electron chi connectivity index (χ0n) is 33.5. The van der Waals surface area contributed by atoms with Gasteiger partial charge in [0.15, 0.2) is 0 Å². The van der Waals surface area contributed by atoms with E-state index in [1.165, 1.54) is 161 Å². The molecule has 0 saturated carbocycles. The van der Waals surface area contributed by atoms with Crippen molar-refractivity contribution in [3.05, 3.63) is 24.3 Å². The maximum atomic E-state index is 12.4. The van der Waals surface area contributed by atoms with Gasteiger partial charge >= 0.3 is 0 Å². The molecule has 0 saturated heterocycles. The monoisotopic (exact) mass is 706 g/mol. The average Bonchev–Trinajstić information content (AvgIpc) is 3.12. The molecular formula is C45H87NO4. The van der Waals surface area contributed by atoms with Gasteiger partial charge in [-0.15, -0.1) is 0 Å². The van der Waals surface area contributed by atoms with E-state index < -0.39 is 18.2 Å². The Morgan fingerprint density at radius 2 is 0.820 bits per heavy atom. The second kappa shape index (κ2) is 40.6. The molecule has 1 amide bonds. The number of aliphatic hydroxyl groups excluding tert-OH is 3. The SMILES string of the molecule is CCCCCCCCCCCCC/C=C/CC/C=C/CCCC(O)C(O)C(CO)NC(=O)CCCCCCCCCCCCCCCCCC. The Morgan fingerprint density at radius 1 is 0.480 bits per heavy atom. The van der Waals surface area contributed by atoms with Crippen LogP contribution in [0.15, 0.2) is 24.3 Å². The second-order valence-corrected chi connectivity index (χ2v) is 15.2. The summed E-state index contributed by atoms with van der Waals surface area (Å²) < 4.78 is 0. The van der Waals surface area contributed by atoms with E-state index in [1.807, 2.05) is 0 Å². The summed E-state index contributed by atoms with van der Waals surface area (Å²) in [6, 6.07) is -0.828. The van der Waals surface area contributed by atoms with Crippen LogP contribution in [0.2, 0.25) is 0 Å². The molecule has 50 heavy (non-hydrogen) atoms. The van der Waals surface area contributed by atoms with Crippen LogP contribution in [0.3, 0.4) is 0 Å². The van der Waals surface area contributed by atoms with E-state index in [2.05, 4.69) is 43.5 Å². The van der Waals surface area contributed by atoms with Crippen LogP contribution >= 0.6 is 0 Å². The molecule has 0 bridgehead atoms. The minimum Gasteiger partial charge on any atom is -0.394 e. The predicted octanol–water partition coefficient (Wildman–Crippen LogP) is 12.6. The predicted molar refractivity (Wildman–Crippen MR) is 218 cm³/mol. The number of amides is 1. The number of hydrogen-bond acceptors (Lipinski definition) is 4. The standard InChI is InChI=1S/C45H87NO4/c1-3-5-7-9-11-13-15-17-19-21-22-23-24-25-27-29-31-33-35-37-39-43(48)45(50)42(41-47)46-44(49)40-38-36-34-32-30-28-26-20-18-16-14-12-10-8-6-4-2/h24-25,31,33,42-43,45,47-48,50H,3-23,26-30,32,34-41H2,1-2H3,(H,46,49)/b25-24+,33-31+. The summed E-state index contributed by atoms with van der Waals surface area (Å²) in [4.78, 5) is 12.4. The Labute approximate surface area is 312 Å². The van der Waals surface area contributed by atoms with Crippen molar-refractivity contribution >= 4 is 5.91 Å².